The summed E-state index contributed by atoms with van der Waals surface area (Å²) < 4.78 is 0. The second kappa shape index (κ2) is 6.38. The lowest BCUT2D eigenvalue weighted by atomic mass is 9.99. The molecule has 0 bridgehead atoms. The molecular weight excluding hydrogens is 226 g/mol. The van der Waals surface area contributed by atoms with Crippen molar-refractivity contribution in [3.05, 3.63) is 0 Å². The molecule has 1 aliphatic carbocycles. The van der Waals surface area contributed by atoms with Gasteiger partial charge in [-0.1, -0.05) is 12.8 Å². The van der Waals surface area contributed by atoms with Crippen molar-refractivity contribution >= 4 is 5.96 Å². The van der Waals surface area contributed by atoms with Crippen molar-refractivity contribution < 1.29 is 0 Å². The monoisotopic (exact) mass is 253 g/mol. The van der Waals surface area contributed by atoms with Gasteiger partial charge in [-0.2, -0.15) is 0 Å². The van der Waals surface area contributed by atoms with Gasteiger partial charge in [0.1, 0.15) is 0 Å². The Morgan fingerprint density at radius 1 is 1.28 bits per heavy atom. The Bertz CT molecular complexity index is 285. The van der Waals surface area contributed by atoms with Gasteiger partial charge < -0.3 is 10.2 Å². The van der Waals surface area contributed by atoms with Gasteiger partial charge in [-0.25, -0.2) is 10.8 Å². The number of nitrogens with two attached hydrogens (primary N) is 1. The number of nitrogens with zero attached hydrogens (tertiary/aromatic N) is 2. The van der Waals surface area contributed by atoms with E-state index in [1.54, 1.807) is 0 Å². The van der Waals surface area contributed by atoms with Crippen LogP contribution >= 0.6 is 0 Å². The van der Waals surface area contributed by atoms with Crippen molar-refractivity contribution in [3.63, 3.8) is 0 Å². The van der Waals surface area contributed by atoms with Crippen LogP contribution in [0.2, 0.25) is 0 Å². The van der Waals surface area contributed by atoms with Crippen LogP contribution in [0, 0.1) is 0 Å². The highest BCUT2D eigenvalue weighted by molar-refractivity contribution is 5.79. The highest BCUT2D eigenvalue weighted by atomic mass is 15.3. The number of rotatable bonds is 2. The highest BCUT2D eigenvalue weighted by Gasteiger charge is 2.23. The maximum Gasteiger partial charge on any atom is 0.206 e. The van der Waals surface area contributed by atoms with Crippen LogP contribution in [-0.2, 0) is 0 Å². The first-order valence-corrected chi connectivity index (χ1v) is 7.20. The fourth-order valence-electron chi connectivity index (χ4n) is 2.95. The van der Waals surface area contributed by atoms with Crippen molar-refractivity contribution in [1.29, 1.82) is 0 Å². The lowest BCUT2D eigenvalue weighted by molar-refractivity contribution is 0.176. The summed E-state index contributed by atoms with van der Waals surface area (Å²) in [6, 6.07) is 1.58. The molecule has 18 heavy (non-hydrogen) atoms. The zero-order valence-electron chi connectivity index (χ0n) is 11.7. The van der Waals surface area contributed by atoms with E-state index in [2.05, 4.69) is 34.6 Å². The smallest absolute Gasteiger partial charge is 0.206 e. The van der Waals surface area contributed by atoms with Gasteiger partial charge in [0.25, 0.3) is 0 Å². The summed E-state index contributed by atoms with van der Waals surface area (Å²) in [6.45, 7) is 3.41. The molecule has 1 aliphatic heterocycles. The second-order valence-corrected chi connectivity index (χ2v) is 5.76. The third-order valence-corrected chi connectivity index (χ3v) is 4.32. The predicted molar refractivity (Wildman–Crippen MR) is 75.3 cm³/mol. The quantitative estimate of drug-likeness (QED) is 0.295. The average Bonchev–Trinajstić information content (AvgIpc) is 2.86. The van der Waals surface area contributed by atoms with Crippen molar-refractivity contribution in [2.45, 2.75) is 63.6 Å². The number of hydrogen-bond acceptors (Lipinski definition) is 3. The van der Waals surface area contributed by atoms with Gasteiger partial charge >= 0.3 is 0 Å². The van der Waals surface area contributed by atoms with Gasteiger partial charge in [0, 0.05) is 18.6 Å². The minimum Gasteiger partial charge on any atom is -0.352 e. The zero-order chi connectivity index (χ0) is 13.0. The number of aliphatic imine (C=N–C) groups is 1. The van der Waals surface area contributed by atoms with Gasteiger partial charge in [0.2, 0.25) is 5.96 Å². The molecule has 0 aromatic rings. The molecule has 2 fully saturated rings. The molecule has 1 saturated carbocycles. The number of hydrogen-bond donors (Lipinski definition) is 3. The zero-order valence-corrected chi connectivity index (χ0v) is 11.7. The number of guanidine groups is 1. The third kappa shape index (κ3) is 3.59. The first-order chi connectivity index (χ1) is 8.69. The van der Waals surface area contributed by atoms with E-state index in [1.807, 2.05) is 0 Å². The summed E-state index contributed by atoms with van der Waals surface area (Å²) in [7, 11) is 2.19. The molecule has 4 N–H and O–H groups in total. The van der Waals surface area contributed by atoms with Gasteiger partial charge in [0.15, 0.2) is 0 Å². The molecule has 2 atom stereocenters. The van der Waals surface area contributed by atoms with Crippen LogP contribution in [0.1, 0.15) is 45.4 Å². The average molecular weight is 253 g/mol. The van der Waals surface area contributed by atoms with Gasteiger partial charge in [-0.05, 0) is 39.7 Å². The molecule has 104 valence electrons. The Morgan fingerprint density at radius 3 is 2.61 bits per heavy atom. The van der Waals surface area contributed by atoms with E-state index in [9.17, 15) is 0 Å². The maximum absolute atomic E-state index is 5.58. The van der Waals surface area contributed by atoms with Gasteiger partial charge in [0.05, 0.1) is 6.04 Å². The van der Waals surface area contributed by atoms with E-state index < -0.39 is 0 Å². The molecule has 5 heteroatoms. The third-order valence-electron chi connectivity index (χ3n) is 4.32. The molecule has 0 aromatic carbocycles. The topological polar surface area (TPSA) is 65.7 Å². The number of hydrazine groups is 1. The lowest BCUT2D eigenvalue weighted by Gasteiger charge is -2.35. The Balaban J connectivity index is 1.86. The lowest BCUT2D eigenvalue weighted by Crippen LogP contribution is -2.52. The van der Waals surface area contributed by atoms with Crippen molar-refractivity contribution in [3.8, 4) is 0 Å². The van der Waals surface area contributed by atoms with Crippen LogP contribution in [0.5, 0.6) is 0 Å². The molecule has 0 radical (unpaired) electrons. The van der Waals surface area contributed by atoms with E-state index in [-0.39, 0.29) is 0 Å². The largest absolute Gasteiger partial charge is 0.352 e. The van der Waals surface area contributed by atoms with Crippen molar-refractivity contribution in [1.82, 2.24) is 15.6 Å². The number of likely N-dealkylation sites (tertiary alicyclic amines) is 1. The molecule has 2 rings (SSSR count). The minimum absolute atomic E-state index is 0.465. The van der Waals surface area contributed by atoms with Crippen LogP contribution in [0.15, 0.2) is 4.99 Å². The van der Waals surface area contributed by atoms with E-state index in [0.717, 1.165) is 25.3 Å². The Labute approximate surface area is 110 Å². The van der Waals surface area contributed by atoms with Crippen LogP contribution in [0.3, 0.4) is 0 Å². The molecule has 2 unspecified atom stereocenters. The predicted octanol–water partition coefficient (Wildman–Crippen LogP) is 0.821. The van der Waals surface area contributed by atoms with Crippen molar-refractivity contribution in [2.24, 2.45) is 10.8 Å². The minimum atomic E-state index is 0.465. The van der Waals surface area contributed by atoms with E-state index in [1.165, 1.54) is 25.7 Å². The van der Waals surface area contributed by atoms with Crippen molar-refractivity contribution in [2.75, 3.05) is 13.6 Å². The van der Waals surface area contributed by atoms with Crippen LogP contribution < -0.4 is 16.6 Å². The van der Waals surface area contributed by atoms with E-state index in [0.29, 0.717) is 18.1 Å². The summed E-state index contributed by atoms with van der Waals surface area (Å²) in [6.07, 6.45) is 7.33. The SMILES string of the molecule is CC1CC(NC(=NC2CCCC2)NN)CCN1C. The van der Waals surface area contributed by atoms with E-state index in [4.69, 9.17) is 5.84 Å². The van der Waals surface area contributed by atoms with Crippen LogP contribution in [-0.4, -0.2) is 42.6 Å². The molecule has 1 saturated heterocycles. The maximum atomic E-state index is 5.58. The standard InChI is InChI=1S/C13H27N5/c1-10-9-12(7-8-18(10)2)16-13(17-14)15-11-5-3-4-6-11/h10-12H,3-9,14H2,1-2H3,(H2,15,16,17). The van der Waals surface area contributed by atoms with Gasteiger partial charge in [-0.15, -0.1) is 0 Å². The molecule has 5 nitrogen and oxygen atoms in total. The Kier molecular flexibility index (Phi) is 4.83. The first kappa shape index (κ1) is 13.6. The highest BCUT2D eigenvalue weighted by Crippen LogP contribution is 2.21. The Hall–Kier alpha value is -0.810. The first-order valence-electron chi connectivity index (χ1n) is 7.20. The fourth-order valence-corrected chi connectivity index (χ4v) is 2.95. The van der Waals surface area contributed by atoms with E-state index >= 15 is 0 Å². The molecule has 1 heterocycles. The molecule has 2 aliphatic rings. The summed E-state index contributed by atoms with van der Waals surface area (Å²) in [5, 5.41) is 3.47. The second-order valence-electron chi connectivity index (χ2n) is 5.76. The normalized spacial score (nSPS) is 31.6. The number of nitrogens with one attached hydrogen (secondary N) is 2. The molecular formula is C13H27N5. The van der Waals surface area contributed by atoms with Gasteiger partial charge in [-0.3, -0.25) is 5.43 Å². The van der Waals surface area contributed by atoms with Crippen LogP contribution in [0.25, 0.3) is 0 Å². The summed E-state index contributed by atoms with van der Waals surface area (Å²) in [5.41, 5.74) is 2.73. The number of piperidine rings is 1. The summed E-state index contributed by atoms with van der Waals surface area (Å²) >= 11 is 0. The molecule has 0 amide bonds. The summed E-state index contributed by atoms with van der Waals surface area (Å²) in [4.78, 5) is 7.09. The Morgan fingerprint density at radius 2 is 2.00 bits per heavy atom. The summed E-state index contributed by atoms with van der Waals surface area (Å²) in [5.74, 6) is 6.36. The van der Waals surface area contributed by atoms with Crippen LogP contribution in [0.4, 0.5) is 0 Å². The fraction of sp³-hybridized carbons (Fsp3) is 0.923. The molecule has 0 aromatic heterocycles. The molecule has 0 spiro atoms.